The van der Waals surface area contributed by atoms with Crippen LogP contribution in [0, 0.1) is 0 Å². The third kappa shape index (κ3) is 1.41. The van der Waals surface area contributed by atoms with Crippen LogP contribution in [0.4, 0.5) is 0 Å². The summed E-state index contributed by atoms with van der Waals surface area (Å²) in [6.45, 7) is 12.0. The van der Waals surface area contributed by atoms with Crippen molar-refractivity contribution in [1.82, 2.24) is 0 Å². The lowest BCUT2D eigenvalue weighted by Gasteiger charge is -2.36. The fourth-order valence-electron chi connectivity index (χ4n) is 2.49. The summed E-state index contributed by atoms with van der Waals surface area (Å²) in [5.41, 5.74) is 4.46. The quantitative estimate of drug-likeness (QED) is 0.616. The molecule has 0 saturated carbocycles. The Kier molecular flexibility index (Phi) is 2.20. The molecule has 0 N–H and O–H groups in total. The topological polar surface area (TPSA) is 0 Å². The van der Waals surface area contributed by atoms with Gasteiger partial charge >= 0.3 is 0 Å². The van der Waals surface area contributed by atoms with Gasteiger partial charge in [-0.2, -0.15) is 0 Å². The summed E-state index contributed by atoms with van der Waals surface area (Å²) < 4.78 is 0. The molecule has 0 bridgehead atoms. The Bertz CT molecular complexity index is 423. The lowest BCUT2D eigenvalue weighted by atomic mass is 10.0. The van der Waals surface area contributed by atoms with Crippen LogP contribution in [0.1, 0.15) is 25.0 Å². The average molecular weight is 216 g/mol. The molecule has 0 nitrogen and oxygen atoms in total. The molecule has 0 spiro atoms. The molecule has 0 aromatic heterocycles. The van der Waals surface area contributed by atoms with Gasteiger partial charge in [0.05, 0.1) is 8.07 Å². The molecule has 0 unspecified atom stereocenters. The monoisotopic (exact) mass is 216 g/mol. The molecule has 15 heavy (non-hydrogen) atoms. The standard InChI is InChI=1S/C14H20Si/c1-11-10-14(2,15(3,4)5)13-9-7-6-8-12(11)13/h6-10H,1-5H3/t14-/m0/s1. The number of hydrogen-bond donors (Lipinski definition) is 0. The summed E-state index contributed by atoms with van der Waals surface area (Å²) in [6, 6.07) is 8.88. The van der Waals surface area contributed by atoms with Crippen LogP contribution in [0.5, 0.6) is 0 Å². The normalized spacial score (nSPS) is 25.0. The van der Waals surface area contributed by atoms with Gasteiger partial charge in [0.2, 0.25) is 0 Å². The van der Waals surface area contributed by atoms with E-state index in [2.05, 4.69) is 63.8 Å². The van der Waals surface area contributed by atoms with Gasteiger partial charge in [-0.15, -0.1) is 0 Å². The largest absolute Gasteiger partial charge is 0.0734 e. The van der Waals surface area contributed by atoms with Crippen molar-refractivity contribution in [1.29, 1.82) is 0 Å². The van der Waals surface area contributed by atoms with E-state index >= 15 is 0 Å². The van der Waals surface area contributed by atoms with Crippen molar-refractivity contribution in [3.63, 3.8) is 0 Å². The molecule has 0 amide bonds. The lowest BCUT2D eigenvalue weighted by Crippen LogP contribution is -2.44. The molecule has 0 radical (unpaired) electrons. The van der Waals surface area contributed by atoms with E-state index in [1.165, 1.54) is 11.1 Å². The van der Waals surface area contributed by atoms with E-state index in [-0.39, 0.29) is 0 Å². The van der Waals surface area contributed by atoms with Crippen molar-refractivity contribution in [2.45, 2.75) is 38.5 Å². The zero-order valence-electron chi connectivity index (χ0n) is 10.4. The molecule has 1 aliphatic carbocycles. The lowest BCUT2D eigenvalue weighted by molar-refractivity contribution is 0.827. The van der Waals surface area contributed by atoms with Crippen molar-refractivity contribution in [2.24, 2.45) is 0 Å². The van der Waals surface area contributed by atoms with Gasteiger partial charge in [-0.1, -0.05) is 56.9 Å². The second kappa shape index (κ2) is 3.08. The summed E-state index contributed by atoms with van der Waals surface area (Å²) in [6.07, 6.45) is 2.49. The van der Waals surface area contributed by atoms with E-state index in [9.17, 15) is 0 Å². The molecule has 0 aliphatic heterocycles. The highest BCUT2D eigenvalue weighted by Crippen LogP contribution is 2.45. The van der Waals surface area contributed by atoms with Gasteiger partial charge in [-0.25, -0.2) is 0 Å². The van der Waals surface area contributed by atoms with Crippen LogP contribution in [0.15, 0.2) is 30.3 Å². The Morgan fingerprint density at radius 1 is 1.07 bits per heavy atom. The highest BCUT2D eigenvalue weighted by Gasteiger charge is 2.43. The maximum Gasteiger partial charge on any atom is 0.0601 e. The molecule has 1 atom stereocenters. The number of hydrogen-bond acceptors (Lipinski definition) is 0. The predicted molar refractivity (Wildman–Crippen MR) is 70.8 cm³/mol. The number of benzene rings is 1. The van der Waals surface area contributed by atoms with Gasteiger partial charge in [0.25, 0.3) is 0 Å². The molecule has 1 aliphatic rings. The van der Waals surface area contributed by atoms with E-state index < -0.39 is 8.07 Å². The van der Waals surface area contributed by atoms with Crippen LogP contribution < -0.4 is 0 Å². The fourth-order valence-corrected chi connectivity index (χ4v) is 4.16. The highest BCUT2D eigenvalue weighted by molar-refractivity contribution is 6.79. The maximum atomic E-state index is 2.49. The van der Waals surface area contributed by atoms with Crippen LogP contribution in [0.2, 0.25) is 19.6 Å². The van der Waals surface area contributed by atoms with E-state index in [0.29, 0.717) is 5.04 Å². The Hall–Kier alpha value is -0.823. The Morgan fingerprint density at radius 3 is 2.27 bits per heavy atom. The van der Waals surface area contributed by atoms with Crippen molar-refractivity contribution in [2.75, 3.05) is 0 Å². The highest BCUT2D eigenvalue weighted by atomic mass is 28.3. The molecule has 1 heteroatoms. The smallest absolute Gasteiger partial charge is 0.0601 e. The first-order valence-electron chi connectivity index (χ1n) is 5.65. The summed E-state index contributed by atoms with van der Waals surface area (Å²) in [7, 11) is -1.22. The van der Waals surface area contributed by atoms with E-state index in [4.69, 9.17) is 0 Å². The van der Waals surface area contributed by atoms with Gasteiger partial charge < -0.3 is 0 Å². The third-order valence-corrected chi connectivity index (χ3v) is 7.50. The van der Waals surface area contributed by atoms with Crippen molar-refractivity contribution >= 4 is 13.6 Å². The molecular weight excluding hydrogens is 196 g/mol. The number of fused-ring (bicyclic) bond motifs is 1. The van der Waals surface area contributed by atoms with Gasteiger partial charge in [0.15, 0.2) is 0 Å². The minimum Gasteiger partial charge on any atom is -0.0734 e. The maximum absolute atomic E-state index is 2.49. The first kappa shape index (κ1) is 10.7. The van der Waals surface area contributed by atoms with Crippen LogP contribution in [-0.2, 0) is 5.04 Å². The van der Waals surface area contributed by atoms with Crippen LogP contribution in [0.25, 0.3) is 5.57 Å². The molecule has 0 fully saturated rings. The van der Waals surface area contributed by atoms with Gasteiger partial charge in [0.1, 0.15) is 0 Å². The molecule has 80 valence electrons. The molecule has 1 aromatic carbocycles. The number of allylic oxidation sites excluding steroid dienone is 2. The summed E-state index contributed by atoms with van der Waals surface area (Å²) in [5.74, 6) is 0. The summed E-state index contributed by atoms with van der Waals surface area (Å²) in [5, 5.41) is 0.313. The van der Waals surface area contributed by atoms with E-state index in [0.717, 1.165) is 0 Å². The molecule has 2 rings (SSSR count). The minimum atomic E-state index is -1.22. The predicted octanol–water partition coefficient (Wildman–Crippen LogP) is 4.24. The Morgan fingerprint density at radius 2 is 1.67 bits per heavy atom. The zero-order valence-corrected chi connectivity index (χ0v) is 11.4. The molecule has 0 heterocycles. The Balaban J connectivity index is 2.66. The first-order chi connectivity index (χ1) is 6.86. The Labute approximate surface area is 94.0 Å². The second-order valence-corrected chi connectivity index (χ2v) is 11.4. The second-order valence-electron chi connectivity index (χ2n) is 5.83. The van der Waals surface area contributed by atoms with Gasteiger partial charge in [-0.05, 0) is 23.6 Å². The summed E-state index contributed by atoms with van der Waals surface area (Å²) >= 11 is 0. The molecule has 0 saturated heterocycles. The van der Waals surface area contributed by atoms with Crippen molar-refractivity contribution < 1.29 is 0 Å². The van der Waals surface area contributed by atoms with Crippen LogP contribution in [0.3, 0.4) is 0 Å². The summed E-state index contributed by atoms with van der Waals surface area (Å²) in [4.78, 5) is 0. The molecule has 1 aromatic rings. The van der Waals surface area contributed by atoms with Crippen LogP contribution >= 0.6 is 0 Å². The van der Waals surface area contributed by atoms with Crippen molar-refractivity contribution in [3.05, 3.63) is 41.5 Å². The molecular formula is C14H20Si. The first-order valence-corrected chi connectivity index (χ1v) is 9.15. The van der Waals surface area contributed by atoms with Gasteiger partial charge in [-0.3, -0.25) is 0 Å². The third-order valence-electron chi connectivity index (χ3n) is 3.97. The SMILES string of the molecule is CC1=C[C@](C)([Si](C)(C)C)c2ccccc21. The van der Waals surface area contributed by atoms with E-state index in [1.54, 1.807) is 5.56 Å². The van der Waals surface area contributed by atoms with Gasteiger partial charge in [0, 0.05) is 5.04 Å². The van der Waals surface area contributed by atoms with Crippen LogP contribution in [-0.4, -0.2) is 8.07 Å². The zero-order chi connectivity index (χ0) is 11.3. The minimum absolute atomic E-state index is 0.313. The van der Waals surface area contributed by atoms with Crippen molar-refractivity contribution in [3.8, 4) is 0 Å². The average Bonchev–Trinajstić information content (AvgIpc) is 2.41. The van der Waals surface area contributed by atoms with E-state index in [1.807, 2.05) is 0 Å². The fraction of sp³-hybridized carbons (Fsp3) is 0.429. The number of rotatable bonds is 1.